The van der Waals surface area contributed by atoms with Crippen molar-refractivity contribution in [1.82, 2.24) is 5.16 Å². The third-order valence-electron chi connectivity index (χ3n) is 1.89. The van der Waals surface area contributed by atoms with E-state index in [4.69, 9.17) is 4.52 Å². The Morgan fingerprint density at radius 2 is 2.00 bits per heavy atom. The molecule has 78 valence electrons. The molecule has 0 amide bonds. The zero-order chi connectivity index (χ0) is 10.7. The molecule has 1 unspecified atom stereocenters. The van der Waals surface area contributed by atoms with E-state index in [1.54, 1.807) is 6.07 Å². The molecule has 4 nitrogen and oxygen atoms in total. The van der Waals surface area contributed by atoms with Crippen molar-refractivity contribution >= 4 is 11.1 Å². The fourth-order valence-electron chi connectivity index (χ4n) is 1.24. The Balaban J connectivity index is 0.00000128. The minimum Gasteiger partial charge on any atom is -0.772 e. The summed E-state index contributed by atoms with van der Waals surface area (Å²) in [5.74, 6) is 0.210. The van der Waals surface area contributed by atoms with Gasteiger partial charge in [0, 0.05) is 11.6 Å². The number of benzene rings is 1. The summed E-state index contributed by atoms with van der Waals surface area (Å²) in [6, 6.07) is 11.1. The van der Waals surface area contributed by atoms with Crippen molar-refractivity contribution < 1.29 is 42.8 Å². The summed E-state index contributed by atoms with van der Waals surface area (Å²) in [5.41, 5.74) is 1.56. The average molecular weight is 245 g/mol. The summed E-state index contributed by atoms with van der Waals surface area (Å²) in [7, 11) is 0. The number of hydrogen-bond donors (Lipinski definition) is 0. The summed E-state index contributed by atoms with van der Waals surface area (Å²) < 4.78 is 25.7. The van der Waals surface area contributed by atoms with Crippen molar-refractivity contribution in [2.24, 2.45) is 0 Å². The fourth-order valence-corrected chi connectivity index (χ4v) is 1.61. The minimum absolute atomic E-state index is 0. The Bertz CT molecular complexity index is 472. The van der Waals surface area contributed by atoms with Crippen LogP contribution in [-0.4, -0.2) is 13.9 Å². The van der Waals surface area contributed by atoms with Crippen LogP contribution in [0.3, 0.4) is 0 Å². The van der Waals surface area contributed by atoms with Crippen LogP contribution < -0.4 is 29.6 Å². The van der Waals surface area contributed by atoms with E-state index >= 15 is 0 Å². The van der Waals surface area contributed by atoms with Gasteiger partial charge >= 0.3 is 29.6 Å². The maximum atomic E-state index is 10.4. The van der Waals surface area contributed by atoms with Gasteiger partial charge in [-0.3, -0.25) is 4.21 Å². The van der Waals surface area contributed by atoms with Crippen molar-refractivity contribution in [2.75, 3.05) is 0 Å². The molecule has 0 spiro atoms. The van der Waals surface area contributed by atoms with E-state index in [0.29, 0.717) is 11.5 Å². The predicted octanol–water partition coefficient (Wildman–Crippen LogP) is -1.28. The average Bonchev–Trinajstić information content (AvgIpc) is 2.67. The van der Waals surface area contributed by atoms with Crippen molar-refractivity contribution in [2.45, 2.75) is 5.75 Å². The molecule has 0 aliphatic carbocycles. The predicted molar refractivity (Wildman–Crippen MR) is 54.6 cm³/mol. The zero-order valence-electron chi connectivity index (χ0n) is 8.75. The molecule has 0 aliphatic heterocycles. The molecular formula is C10H8NNaO3S. The van der Waals surface area contributed by atoms with E-state index < -0.39 is 11.1 Å². The Morgan fingerprint density at radius 1 is 1.31 bits per heavy atom. The number of aromatic nitrogens is 1. The number of rotatable bonds is 3. The molecule has 1 aromatic carbocycles. The molecule has 0 saturated carbocycles. The summed E-state index contributed by atoms with van der Waals surface area (Å²) in [6.07, 6.45) is 0. The molecule has 0 aliphatic rings. The third kappa shape index (κ3) is 3.54. The van der Waals surface area contributed by atoms with Gasteiger partial charge in [-0.05, 0) is 11.1 Å². The van der Waals surface area contributed by atoms with Gasteiger partial charge in [-0.25, -0.2) is 0 Å². The summed E-state index contributed by atoms with van der Waals surface area (Å²) >= 11 is -2.14. The van der Waals surface area contributed by atoms with Gasteiger partial charge in [0.05, 0.1) is 5.75 Å². The summed E-state index contributed by atoms with van der Waals surface area (Å²) in [4.78, 5) is 0. The van der Waals surface area contributed by atoms with Crippen LogP contribution >= 0.6 is 0 Å². The molecule has 6 heteroatoms. The molecule has 0 saturated heterocycles. The van der Waals surface area contributed by atoms with E-state index in [-0.39, 0.29) is 35.3 Å². The van der Waals surface area contributed by atoms with Crippen LogP contribution in [0.2, 0.25) is 0 Å². The van der Waals surface area contributed by atoms with E-state index in [2.05, 4.69) is 5.16 Å². The van der Waals surface area contributed by atoms with Gasteiger partial charge in [-0.1, -0.05) is 35.5 Å². The SMILES string of the molecule is O=S([O-])Cc1cc(-c2ccccc2)no1.[Na+]. The number of nitrogens with zero attached hydrogens (tertiary/aromatic N) is 1. The summed E-state index contributed by atoms with van der Waals surface area (Å²) in [6.45, 7) is 0. The van der Waals surface area contributed by atoms with Crippen molar-refractivity contribution in [3.8, 4) is 11.3 Å². The molecular weight excluding hydrogens is 237 g/mol. The second-order valence-electron chi connectivity index (χ2n) is 2.99. The van der Waals surface area contributed by atoms with Crippen LogP contribution in [-0.2, 0) is 16.8 Å². The quantitative estimate of drug-likeness (QED) is 0.499. The standard InChI is InChI=1S/C10H9NO3S.Na/c12-15(13)7-9-6-10(11-14-9)8-4-2-1-3-5-8;/h1-6H,7H2,(H,12,13);/q;+1/p-1. The van der Waals surface area contributed by atoms with Crippen LogP contribution in [0.4, 0.5) is 0 Å². The van der Waals surface area contributed by atoms with E-state index in [9.17, 15) is 8.76 Å². The number of hydrogen-bond acceptors (Lipinski definition) is 4. The van der Waals surface area contributed by atoms with Crippen LogP contribution in [0.25, 0.3) is 11.3 Å². The normalized spacial score (nSPS) is 11.8. The third-order valence-corrected chi connectivity index (χ3v) is 2.41. The second kappa shape index (κ2) is 6.32. The van der Waals surface area contributed by atoms with Crippen LogP contribution in [0, 0.1) is 0 Å². The largest absolute Gasteiger partial charge is 1.00 e. The minimum atomic E-state index is -2.14. The van der Waals surface area contributed by atoms with E-state index in [1.807, 2.05) is 30.3 Å². The molecule has 0 bridgehead atoms. The molecule has 2 rings (SSSR count). The molecule has 0 radical (unpaired) electrons. The Labute approximate surface area is 118 Å². The molecule has 0 N–H and O–H groups in total. The Morgan fingerprint density at radius 3 is 2.62 bits per heavy atom. The molecule has 1 aromatic heterocycles. The fraction of sp³-hybridized carbons (Fsp3) is 0.100. The molecule has 16 heavy (non-hydrogen) atoms. The van der Waals surface area contributed by atoms with E-state index in [0.717, 1.165) is 5.56 Å². The first kappa shape index (κ1) is 13.6. The van der Waals surface area contributed by atoms with Crippen LogP contribution in [0.5, 0.6) is 0 Å². The Kier molecular flexibility index (Phi) is 5.37. The first-order valence-corrected chi connectivity index (χ1v) is 5.57. The topological polar surface area (TPSA) is 66.2 Å². The smallest absolute Gasteiger partial charge is 0.772 e. The van der Waals surface area contributed by atoms with Gasteiger partial charge in [0.25, 0.3) is 0 Å². The van der Waals surface area contributed by atoms with E-state index in [1.165, 1.54) is 0 Å². The molecule has 1 atom stereocenters. The van der Waals surface area contributed by atoms with Gasteiger partial charge in [-0.15, -0.1) is 0 Å². The first-order valence-electron chi connectivity index (χ1n) is 4.32. The molecule has 0 fully saturated rings. The van der Waals surface area contributed by atoms with Gasteiger partial charge in [0.1, 0.15) is 11.5 Å². The van der Waals surface area contributed by atoms with Crippen LogP contribution in [0.1, 0.15) is 5.76 Å². The first-order chi connectivity index (χ1) is 7.25. The molecule has 2 aromatic rings. The monoisotopic (exact) mass is 245 g/mol. The maximum absolute atomic E-state index is 10.4. The zero-order valence-corrected chi connectivity index (χ0v) is 11.6. The van der Waals surface area contributed by atoms with Gasteiger partial charge in [0.15, 0.2) is 0 Å². The molecule has 1 heterocycles. The van der Waals surface area contributed by atoms with Crippen molar-refractivity contribution in [3.05, 3.63) is 42.2 Å². The van der Waals surface area contributed by atoms with Gasteiger partial charge in [0.2, 0.25) is 0 Å². The van der Waals surface area contributed by atoms with Crippen molar-refractivity contribution in [1.29, 1.82) is 0 Å². The van der Waals surface area contributed by atoms with Gasteiger partial charge in [-0.2, -0.15) is 0 Å². The maximum Gasteiger partial charge on any atom is 1.00 e. The van der Waals surface area contributed by atoms with Gasteiger partial charge < -0.3 is 9.08 Å². The summed E-state index contributed by atoms with van der Waals surface area (Å²) in [5, 5.41) is 3.79. The van der Waals surface area contributed by atoms with Crippen molar-refractivity contribution in [3.63, 3.8) is 0 Å². The Hall–Kier alpha value is -0.460. The van der Waals surface area contributed by atoms with Crippen LogP contribution in [0.15, 0.2) is 40.9 Å². The second-order valence-corrected chi connectivity index (χ2v) is 3.89.